The van der Waals surface area contributed by atoms with E-state index in [4.69, 9.17) is 5.73 Å². The summed E-state index contributed by atoms with van der Waals surface area (Å²) >= 11 is 0. The number of rotatable bonds is 3. The van der Waals surface area contributed by atoms with Crippen LogP contribution in [0.4, 0.5) is 0 Å². The van der Waals surface area contributed by atoms with E-state index in [0.29, 0.717) is 17.7 Å². The Morgan fingerprint density at radius 1 is 1.07 bits per heavy atom. The van der Waals surface area contributed by atoms with Crippen molar-refractivity contribution in [2.24, 2.45) is 5.73 Å². The highest BCUT2D eigenvalue weighted by atomic mass is 16.2. The van der Waals surface area contributed by atoms with Gasteiger partial charge in [-0.3, -0.25) is 34.3 Å². The number of nitrogens with two attached hydrogens (primary N) is 1. The van der Waals surface area contributed by atoms with Crippen LogP contribution in [0.3, 0.4) is 0 Å². The minimum Gasteiger partial charge on any atom is -0.326 e. The van der Waals surface area contributed by atoms with Crippen molar-refractivity contribution in [1.29, 1.82) is 0 Å². The van der Waals surface area contributed by atoms with Crippen molar-refractivity contribution in [1.82, 2.24) is 15.1 Å². The Bertz CT molecular complexity index is 939. The number of amides is 4. The summed E-state index contributed by atoms with van der Waals surface area (Å²) in [5.74, 6) is -1.89. The second-order valence-electron chi connectivity index (χ2n) is 8.60. The standard InChI is InChI=1S/C21H24N4O4/c22-16-6-9-24(21(16)7-1-8-21)11-12-2-3-13-14(10-12)20(29)25(19(13)28)15-4-5-17(26)23-18(15)27/h2-3,10,15-16H,1,4-9,11,22H2,(H,23,26,27). The van der Waals surface area contributed by atoms with Crippen molar-refractivity contribution < 1.29 is 19.2 Å². The molecule has 0 radical (unpaired) electrons. The van der Waals surface area contributed by atoms with Crippen molar-refractivity contribution in [3.63, 3.8) is 0 Å². The van der Waals surface area contributed by atoms with Crippen LogP contribution in [0.25, 0.3) is 0 Å². The lowest BCUT2D eigenvalue weighted by Gasteiger charge is -2.48. The molecule has 3 fully saturated rings. The van der Waals surface area contributed by atoms with E-state index in [1.165, 1.54) is 6.42 Å². The van der Waals surface area contributed by atoms with Gasteiger partial charge in [0.15, 0.2) is 0 Å². The smallest absolute Gasteiger partial charge is 0.262 e. The minimum atomic E-state index is -0.932. The molecule has 1 aromatic carbocycles. The molecule has 3 N–H and O–H groups in total. The van der Waals surface area contributed by atoms with Gasteiger partial charge in [0.2, 0.25) is 11.8 Å². The molecule has 1 aromatic rings. The lowest BCUT2D eigenvalue weighted by Crippen LogP contribution is -2.57. The first-order chi connectivity index (χ1) is 13.9. The highest BCUT2D eigenvalue weighted by Crippen LogP contribution is 2.45. The Hall–Kier alpha value is -2.58. The Labute approximate surface area is 168 Å². The Morgan fingerprint density at radius 3 is 2.52 bits per heavy atom. The monoisotopic (exact) mass is 396 g/mol. The maximum absolute atomic E-state index is 13.0. The fourth-order valence-corrected chi connectivity index (χ4v) is 5.32. The van der Waals surface area contributed by atoms with Gasteiger partial charge in [-0.25, -0.2) is 0 Å². The predicted molar refractivity (Wildman–Crippen MR) is 103 cm³/mol. The van der Waals surface area contributed by atoms with Crippen LogP contribution in [0.5, 0.6) is 0 Å². The first-order valence-electron chi connectivity index (χ1n) is 10.3. The van der Waals surface area contributed by atoms with Gasteiger partial charge in [0.25, 0.3) is 11.8 Å². The van der Waals surface area contributed by atoms with Gasteiger partial charge >= 0.3 is 0 Å². The average molecular weight is 396 g/mol. The number of nitrogens with zero attached hydrogens (tertiary/aromatic N) is 2. The maximum atomic E-state index is 13.0. The summed E-state index contributed by atoms with van der Waals surface area (Å²) in [5.41, 5.74) is 8.07. The molecular weight excluding hydrogens is 372 g/mol. The molecular formula is C21H24N4O4. The van der Waals surface area contributed by atoms with Crippen molar-refractivity contribution in [2.75, 3.05) is 6.54 Å². The predicted octanol–water partition coefficient (Wildman–Crippen LogP) is 0.543. The summed E-state index contributed by atoms with van der Waals surface area (Å²) in [6, 6.07) is 4.60. The molecule has 1 aliphatic carbocycles. The molecule has 3 heterocycles. The molecule has 2 atom stereocenters. The number of imide groups is 2. The molecule has 2 unspecified atom stereocenters. The van der Waals surface area contributed by atoms with Crippen LogP contribution in [0.2, 0.25) is 0 Å². The molecule has 0 aromatic heterocycles. The molecule has 1 spiro atoms. The second kappa shape index (κ2) is 6.47. The molecule has 29 heavy (non-hydrogen) atoms. The van der Waals surface area contributed by atoms with Gasteiger partial charge < -0.3 is 5.73 Å². The van der Waals surface area contributed by atoms with Gasteiger partial charge in [-0.15, -0.1) is 0 Å². The zero-order chi connectivity index (χ0) is 20.3. The van der Waals surface area contributed by atoms with Gasteiger partial charge in [0.1, 0.15) is 6.04 Å². The molecule has 2 saturated heterocycles. The number of fused-ring (bicyclic) bond motifs is 1. The maximum Gasteiger partial charge on any atom is 0.262 e. The summed E-state index contributed by atoms with van der Waals surface area (Å²) in [5, 5.41) is 2.22. The molecule has 8 heteroatoms. The van der Waals surface area contributed by atoms with E-state index >= 15 is 0 Å². The number of carbonyl (C=O) groups excluding carboxylic acids is 4. The van der Waals surface area contributed by atoms with Crippen LogP contribution in [0.1, 0.15) is 64.8 Å². The highest BCUT2D eigenvalue weighted by Gasteiger charge is 2.51. The van der Waals surface area contributed by atoms with Crippen LogP contribution in [0, 0.1) is 0 Å². The number of benzene rings is 1. The first kappa shape index (κ1) is 18.4. The number of hydrogen-bond acceptors (Lipinski definition) is 6. The Balaban J connectivity index is 1.39. The fourth-order valence-electron chi connectivity index (χ4n) is 5.32. The van der Waals surface area contributed by atoms with Crippen molar-refractivity contribution in [3.05, 3.63) is 34.9 Å². The largest absolute Gasteiger partial charge is 0.326 e. The van der Waals surface area contributed by atoms with E-state index in [9.17, 15) is 19.2 Å². The lowest BCUT2D eigenvalue weighted by molar-refractivity contribution is -0.136. The third-order valence-electron chi connectivity index (χ3n) is 7.13. The summed E-state index contributed by atoms with van der Waals surface area (Å²) in [4.78, 5) is 52.8. The Kier molecular flexibility index (Phi) is 4.11. The molecule has 3 aliphatic heterocycles. The second-order valence-corrected chi connectivity index (χ2v) is 8.60. The summed E-state index contributed by atoms with van der Waals surface area (Å²) in [7, 11) is 0. The molecule has 8 nitrogen and oxygen atoms in total. The van der Waals surface area contributed by atoms with Gasteiger partial charge in [0, 0.05) is 31.1 Å². The van der Waals surface area contributed by atoms with Gasteiger partial charge in [0.05, 0.1) is 11.1 Å². The van der Waals surface area contributed by atoms with Crippen LogP contribution in [-0.2, 0) is 16.1 Å². The topological polar surface area (TPSA) is 113 Å². The minimum absolute atomic E-state index is 0.0810. The Morgan fingerprint density at radius 2 is 1.83 bits per heavy atom. The van der Waals surface area contributed by atoms with Crippen LogP contribution in [0.15, 0.2) is 18.2 Å². The summed E-state index contributed by atoms with van der Waals surface area (Å²) < 4.78 is 0. The third-order valence-corrected chi connectivity index (χ3v) is 7.13. The SMILES string of the molecule is NC1CCN(Cc2ccc3c(c2)C(=O)N(C2CCC(=O)NC2=O)C3=O)C12CCC2. The van der Waals surface area contributed by atoms with E-state index in [2.05, 4.69) is 10.2 Å². The van der Waals surface area contributed by atoms with Crippen molar-refractivity contribution in [3.8, 4) is 0 Å². The molecule has 4 amide bonds. The van der Waals surface area contributed by atoms with Crippen molar-refractivity contribution >= 4 is 23.6 Å². The van der Waals surface area contributed by atoms with Crippen molar-refractivity contribution in [2.45, 2.75) is 62.7 Å². The quantitative estimate of drug-likeness (QED) is 0.722. The van der Waals surface area contributed by atoms with E-state index in [0.717, 1.165) is 36.3 Å². The zero-order valence-electron chi connectivity index (χ0n) is 16.1. The van der Waals surface area contributed by atoms with E-state index < -0.39 is 23.8 Å². The molecule has 0 bridgehead atoms. The van der Waals surface area contributed by atoms with E-state index in [1.54, 1.807) is 12.1 Å². The highest BCUT2D eigenvalue weighted by molar-refractivity contribution is 6.23. The number of nitrogens with one attached hydrogen (secondary N) is 1. The fraction of sp³-hybridized carbons (Fsp3) is 0.524. The van der Waals surface area contributed by atoms with Gasteiger partial charge in [-0.1, -0.05) is 6.07 Å². The van der Waals surface area contributed by atoms with E-state index in [1.807, 2.05) is 6.07 Å². The van der Waals surface area contributed by atoms with E-state index in [-0.39, 0.29) is 30.3 Å². The van der Waals surface area contributed by atoms with Gasteiger partial charge in [-0.2, -0.15) is 0 Å². The number of piperidine rings is 1. The average Bonchev–Trinajstić information content (AvgIpc) is 3.10. The number of hydrogen-bond donors (Lipinski definition) is 2. The number of likely N-dealkylation sites (tertiary alicyclic amines) is 1. The zero-order valence-corrected chi connectivity index (χ0v) is 16.1. The number of carbonyl (C=O) groups is 4. The summed E-state index contributed by atoms with van der Waals surface area (Å²) in [6.45, 7) is 1.63. The summed E-state index contributed by atoms with van der Waals surface area (Å²) in [6.07, 6.45) is 4.68. The lowest BCUT2D eigenvalue weighted by atomic mass is 9.72. The van der Waals surface area contributed by atoms with Crippen LogP contribution < -0.4 is 11.1 Å². The molecule has 1 saturated carbocycles. The van der Waals surface area contributed by atoms with Crippen LogP contribution >= 0.6 is 0 Å². The van der Waals surface area contributed by atoms with Gasteiger partial charge in [-0.05, 0) is 49.8 Å². The molecule has 152 valence electrons. The normalized spacial score (nSPS) is 28.7. The molecule has 5 rings (SSSR count). The van der Waals surface area contributed by atoms with Crippen LogP contribution in [-0.4, -0.2) is 57.6 Å². The first-order valence-corrected chi connectivity index (χ1v) is 10.3. The molecule has 4 aliphatic rings. The third kappa shape index (κ3) is 2.66.